The van der Waals surface area contributed by atoms with Gasteiger partial charge in [-0.25, -0.2) is 0 Å². The average molecular weight is 544 g/mol. The van der Waals surface area contributed by atoms with E-state index < -0.39 is 0 Å². The molecule has 176 valence electrons. The van der Waals surface area contributed by atoms with Gasteiger partial charge in [-0.15, -0.1) is 0 Å². The van der Waals surface area contributed by atoms with Crippen molar-refractivity contribution in [2.24, 2.45) is 0 Å². The summed E-state index contributed by atoms with van der Waals surface area (Å²) in [5.74, 6) is 1.69. The van der Waals surface area contributed by atoms with Crippen LogP contribution in [0, 0.1) is 0 Å². The molecule has 5 aromatic rings. The van der Waals surface area contributed by atoms with E-state index >= 15 is 0 Å². The second-order valence-electron chi connectivity index (χ2n) is 8.38. The van der Waals surface area contributed by atoms with Crippen LogP contribution in [0.2, 0.25) is 0 Å². The standard InChI is InChI=1S/C30H27N2OS.BrH/c1-31(2)25-18-15-23(16-19-25)17-20-30-32(28-13-6-7-14-29(28)34-30)22-24-9-8-12-27(21-24)33-26-10-4-3-5-11-26;/h3-21H,22H2,1-2H3;1H/q+1;/p-1. The molecule has 0 aliphatic carbocycles. The maximum absolute atomic E-state index is 6.06. The van der Waals surface area contributed by atoms with Gasteiger partial charge in [0.05, 0.1) is 0 Å². The van der Waals surface area contributed by atoms with Crippen LogP contribution in [-0.4, -0.2) is 14.1 Å². The summed E-state index contributed by atoms with van der Waals surface area (Å²) in [5, 5.41) is 1.22. The van der Waals surface area contributed by atoms with E-state index in [0.717, 1.165) is 18.0 Å². The van der Waals surface area contributed by atoms with Crippen molar-refractivity contribution in [3.63, 3.8) is 0 Å². The van der Waals surface area contributed by atoms with Crippen LogP contribution in [0.3, 0.4) is 0 Å². The molecule has 0 saturated carbocycles. The van der Waals surface area contributed by atoms with Gasteiger partial charge in [-0.2, -0.15) is 4.57 Å². The lowest BCUT2D eigenvalue weighted by molar-refractivity contribution is -0.659. The molecular formula is C30H27BrN2OS. The number of anilines is 1. The monoisotopic (exact) mass is 542 g/mol. The lowest BCUT2D eigenvalue weighted by Gasteiger charge is -2.11. The summed E-state index contributed by atoms with van der Waals surface area (Å²) < 4.78 is 9.72. The van der Waals surface area contributed by atoms with Crippen LogP contribution in [0.15, 0.2) is 103 Å². The van der Waals surface area contributed by atoms with Crippen molar-refractivity contribution in [3.8, 4) is 11.5 Å². The fraction of sp³-hybridized carbons (Fsp3) is 0.100. The van der Waals surface area contributed by atoms with Crippen LogP contribution in [0.1, 0.15) is 16.1 Å². The van der Waals surface area contributed by atoms with Gasteiger partial charge in [0, 0.05) is 37.5 Å². The van der Waals surface area contributed by atoms with Crippen molar-refractivity contribution >= 4 is 39.4 Å². The van der Waals surface area contributed by atoms with Gasteiger partial charge in [-0.05, 0) is 54.1 Å². The zero-order chi connectivity index (χ0) is 23.3. The Morgan fingerprint density at radius 3 is 2.26 bits per heavy atom. The van der Waals surface area contributed by atoms with Crippen molar-refractivity contribution in [1.82, 2.24) is 0 Å². The summed E-state index contributed by atoms with van der Waals surface area (Å²) >= 11 is 1.81. The van der Waals surface area contributed by atoms with Gasteiger partial charge in [0.2, 0.25) is 5.52 Å². The maximum atomic E-state index is 6.06. The predicted octanol–water partition coefficient (Wildman–Crippen LogP) is 4.27. The summed E-state index contributed by atoms with van der Waals surface area (Å²) in [4.78, 5) is 2.11. The minimum atomic E-state index is 0. The number of hydrogen-bond acceptors (Lipinski definition) is 3. The van der Waals surface area contributed by atoms with Gasteiger partial charge in [0.15, 0.2) is 6.54 Å². The van der Waals surface area contributed by atoms with Gasteiger partial charge in [-0.3, -0.25) is 0 Å². The van der Waals surface area contributed by atoms with E-state index in [1.54, 1.807) is 0 Å². The van der Waals surface area contributed by atoms with E-state index in [-0.39, 0.29) is 17.0 Å². The van der Waals surface area contributed by atoms with E-state index in [4.69, 9.17) is 4.74 Å². The molecule has 0 atom stereocenters. The van der Waals surface area contributed by atoms with Gasteiger partial charge >= 0.3 is 0 Å². The Morgan fingerprint density at radius 1 is 0.771 bits per heavy atom. The van der Waals surface area contributed by atoms with Crippen molar-refractivity contribution in [2.45, 2.75) is 6.54 Å². The highest BCUT2D eigenvalue weighted by Gasteiger charge is 2.19. The number of benzene rings is 4. The van der Waals surface area contributed by atoms with Crippen molar-refractivity contribution in [3.05, 3.63) is 119 Å². The largest absolute Gasteiger partial charge is 1.00 e. The van der Waals surface area contributed by atoms with Gasteiger partial charge in [0.25, 0.3) is 5.01 Å². The number of para-hydroxylation sites is 2. The molecule has 0 saturated heterocycles. The number of thiazole rings is 1. The van der Waals surface area contributed by atoms with Gasteiger partial charge < -0.3 is 26.6 Å². The van der Waals surface area contributed by atoms with Crippen molar-refractivity contribution < 1.29 is 26.3 Å². The molecule has 1 heterocycles. The van der Waals surface area contributed by atoms with Crippen molar-refractivity contribution in [1.29, 1.82) is 0 Å². The number of halogens is 1. The minimum absolute atomic E-state index is 0. The normalized spacial score (nSPS) is 10.9. The van der Waals surface area contributed by atoms with E-state index in [0.29, 0.717) is 0 Å². The van der Waals surface area contributed by atoms with E-state index in [1.165, 1.54) is 32.0 Å². The number of nitrogens with zero attached hydrogens (tertiary/aromatic N) is 2. The van der Waals surface area contributed by atoms with Crippen LogP contribution in [0.4, 0.5) is 5.69 Å². The first-order valence-electron chi connectivity index (χ1n) is 11.3. The van der Waals surface area contributed by atoms with Crippen LogP contribution in [-0.2, 0) is 6.54 Å². The number of ether oxygens (including phenoxy) is 1. The highest BCUT2D eigenvalue weighted by Crippen LogP contribution is 2.25. The molecule has 0 fully saturated rings. The van der Waals surface area contributed by atoms with Crippen molar-refractivity contribution in [2.75, 3.05) is 19.0 Å². The third kappa shape index (κ3) is 5.99. The molecule has 0 amide bonds. The average Bonchev–Trinajstić information content (AvgIpc) is 3.21. The third-order valence-corrected chi connectivity index (χ3v) is 6.81. The zero-order valence-corrected chi connectivity index (χ0v) is 22.2. The zero-order valence-electron chi connectivity index (χ0n) is 19.8. The fourth-order valence-corrected chi connectivity index (χ4v) is 4.97. The fourth-order valence-electron chi connectivity index (χ4n) is 3.91. The summed E-state index contributed by atoms with van der Waals surface area (Å²) in [6.45, 7) is 0.773. The molecule has 1 aromatic heterocycles. The molecule has 0 radical (unpaired) electrons. The van der Waals surface area contributed by atoms with E-state index in [1.807, 2.05) is 47.7 Å². The van der Waals surface area contributed by atoms with Gasteiger partial charge in [0.1, 0.15) is 16.2 Å². The Hall–Kier alpha value is -3.41. The van der Waals surface area contributed by atoms with E-state index in [2.05, 4.69) is 102 Å². The number of aromatic nitrogens is 1. The minimum Gasteiger partial charge on any atom is -1.00 e. The second-order valence-corrected chi connectivity index (χ2v) is 9.44. The maximum Gasteiger partial charge on any atom is 0.263 e. The lowest BCUT2D eigenvalue weighted by Crippen LogP contribution is -3.00. The van der Waals surface area contributed by atoms with Crippen LogP contribution < -0.4 is 31.2 Å². The summed E-state index contributed by atoms with van der Waals surface area (Å²) in [6, 6.07) is 35.5. The third-order valence-electron chi connectivity index (χ3n) is 5.68. The molecule has 35 heavy (non-hydrogen) atoms. The molecule has 5 heteroatoms. The molecule has 0 aliphatic rings. The first-order valence-corrected chi connectivity index (χ1v) is 12.2. The molecule has 0 aliphatic heterocycles. The Bertz CT molecular complexity index is 1430. The van der Waals surface area contributed by atoms with Gasteiger partial charge in [-0.1, -0.05) is 65.9 Å². The van der Waals surface area contributed by atoms with E-state index in [9.17, 15) is 0 Å². The first kappa shape index (κ1) is 24.7. The second kappa shape index (κ2) is 11.3. The Labute approximate surface area is 221 Å². The molecule has 0 spiro atoms. The molecule has 0 bridgehead atoms. The number of rotatable bonds is 7. The first-order chi connectivity index (χ1) is 16.7. The Morgan fingerprint density at radius 2 is 1.49 bits per heavy atom. The highest BCUT2D eigenvalue weighted by molar-refractivity contribution is 7.18. The quantitative estimate of drug-likeness (QED) is 0.285. The SMILES string of the molecule is CN(C)c1ccc(/C=C/c2sc3ccccc3[n+]2Cc2cccc(Oc3ccccc3)c2)cc1.[Br-]. The Balaban J connectivity index is 0.00000289. The number of fused-ring (bicyclic) bond motifs is 1. The molecule has 4 aromatic carbocycles. The smallest absolute Gasteiger partial charge is 0.263 e. The summed E-state index contributed by atoms with van der Waals surface area (Å²) in [6.07, 6.45) is 4.41. The number of hydrogen-bond donors (Lipinski definition) is 0. The predicted molar refractivity (Wildman–Crippen MR) is 144 cm³/mol. The van der Waals surface area contributed by atoms with Crippen LogP contribution >= 0.6 is 11.3 Å². The van der Waals surface area contributed by atoms with Crippen LogP contribution in [0.5, 0.6) is 11.5 Å². The molecule has 5 rings (SSSR count). The molecule has 3 nitrogen and oxygen atoms in total. The lowest BCUT2D eigenvalue weighted by atomic mass is 10.2. The molecule has 0 N–H and O–H groups in total. The summed E-state index contributed by atoms with van der Waals surface area (Å²) in [7, 11) is 4.12. The highest BCUT2D eigenvalue weighted by atomic mass is 79.9. The molecular weight excluding hydrogens is 516 g/mol. The van der Waals surface area contributed by atoms with Crippen LogP contribution in [0.25, 0.3) is 22.4 Å². The molecule has 0 unspecified atom stereocenters. The Kier molecular flexibility index (Phi) is 8.01. The summed E-state index contributed by atoms with van der Waals surface area (Å²) in [5.41, 5.74) is 4.83. The topological polar surface area (TPSA) is 16.4 Å².